The topological polar surface area (TPSA) is 23.5 Å². The molecule has 0 fully saturated rings. The van der Waals surface area contributed by atoms with Crippen LogP contribution >= 0.6 is 15.9 Å². The fraction of sp³-hybridized carbons (Fsp3) is 0.200. The van der Waals surface area contributed by atoms with E-state index in [2.05, 4.69) is 15.9 Å². The lowest BCUT2D eigenvalue weighted by molar-refractivity contribution is 0.199. The van der Waals surface area contributed by atoms with Crippen molar-refractivity contribution in [3.63, 3.8) is 0 Å². The van der Waals surface area contributed by atoms with Gasteiger partial charge < -0.3 is 10.0 Å². The fourth-order valence-corrected chi connectivity index (χ4v) is 2.54. The van der Waals surface area contributed by atoms with Crippen molar-refractivity contribution >= 4 is 27.3 Å². The van der Waals surface area contributed by atoms with E-state index >= 15 is 0 Å². The van der Waals surface area contributed by atoms with Gasteiger partial charge in [0, 0.05) is 17.2 Å². The van der Waals surface area contributed by atoms with Gasteiger partial charge in [0.1, 0.15) is 5.82 Å². The van der Waals surface area contributed by atoms with Crippen molar-refractivity contribution < 1.29 is 9.50 Å². The Morgan fingerprint density at radius 2 is 1.95 bits per heavy atom. The van der Waals surface area contributed by atoms with Crippen LogP contribution in [0.4, 0.5) is 15.8 Å². The lowest BCUT2D eigenvalue weighted by Gasteiger charge is -2.21. The fourth-order valence-electron chi connectivity index (χ4n) is 1.88. The molecule has 0 aliphatic rings. The highest BCUT2D eigenvalue weighted by atomic mass is 79.9. The van der Waals surface area contributed by atoms with Gasteiger partial charge in [-0.1, -0.05) is 12.1 Å². The molecule has 2 aromatic carbocycles. The summed E-state index contributed by atoms with van der Waals surface area (Å²) in [5.41, 5.74) is 2.52. The van der Waals surface area contributed by atoms with Gasteiger partial charge in [0.25, 0.3) is 0 Å². The monoisotopic (exact) mass is 323 g/mol. The number of aliphatic hydroxyl groups is 1. The van der Waals surface area contributed by atoms with Crippen LogP contribution in [0.15, 0.2) is 46.9 Å². The standard InChI is InChI=1S/C15H15BrFNO/c1-10(19)11-6-7-15(14(16)8-11)18(2)13-5-3-4-12(17)9-13/h3-10,19H,1-2H3. The first-order valence-electron chi connectivity index (χ1n) is 5.96. The maximum atomic E-state index is 13.2. The molecular weight excluding hydrogens is 309 g/mol. The molecule has 19 heavy (non-hydrogen) atoms. The number of nitrogens with zero attached hydrogens (tertiary/aromatic N) is 1. The maximum Gasteiger partial charge on any atom is 0.125 e. The summed E-state index contributed by atoms with van der Waals surface area (Å²) in [5, 5.41) is 9.55. The number of rotatable bonds is 3. The third-order valence-corrected chi connectivity index (χ3v) is 3.65. The summed E-state index contributed by atoms with van der Waals surface area (Å²) < 4.78 is 14.1. The molecule has 2 rings (SSSR count). The quantitative estimate of drug-likeness (QED) is 0.904. The second kappa shape index (κ2) is 5.72. The minimum Gasteiger partial charge on any atom is -0.389 e. The molecule has 0 aliphatic carbocycles. The van der Waals surface area contributed by atoms with E-state index in [1.165, 1.54) is 12.1 Å². The Labute approximate surface area is 120 Å². The first kappa shape index (κ1) is 14.0. The van der Waals surface area contributed by atoms with Gasteiger partial charge in [0.05, 0.1) is 11.8 Å². The SMILES string of the molecule is CC(O)c1ccc(N(C)c2cccc(F)c2)c(Br)c1. The summed E-state index contributed by atoms with van der Waals surface area (Å²) in [4.78, 5) is 1.89. The Balaban J connectivity index is 2.36. The second-order valence-electron chi connectivity index (χ2n) is 4.43. The summed E-state index contributed by atoms with van der Waals surface area (Å²) in [6.07, 6.45) is -0.509. The lowest BCUT2D eigenvalue weighted by atomic mass is 10.1. The summed E-state index contributed by atoms with van der Waals surface area (Å²) in [6.45, 7) is 1.72. The Hall–Kier alpha value is -1.39. The van der Waals surface area contributed by atoms with E-state index in [4.69, 9.17) is 0 Å². The molecule has 0 radical (unpaired) electrons. The molecule has 100 valence electrons. The van der Waals surface area contributed by atoms with Crippen LogP contribution in [0, 0.1) is 5.82 Å². The molecule has 1 N–H and O–H groups in total. The Bertz CT molecular complexity index is 586. The first-order valence-corrected chi connectivity index (χ1v) is 6.75. The predicted octanol–water partition coefficient (Wildman–Crippen LogP) is 4.41. The molecule has 0 spiro atoms. The van der Waals surface area contributed by atoms with Crippen molar-refractivity contribution in [2.45, 2.75) is 13.0 Å². The smallest absolute Gasteiger partial charge is 0.125 e. The molecule has 0 aromatic heterocycles. The molecule has 1 atom stereocenters. The normalized spacial score (nSPS) is 12.3. The van der Waals surface area contributed by atoms with Crippen LogP contribution in [-0.4, -0.2) is 12.2 Å². The average molecular weight is 324 g/mol. The third-order valence-electron chi connectivity index (χ3n) is 3.01. The van der Waals surface area contributed by atoms with Crippen molar-refractivity contribution in [2.24, 2.45) is 0 Å². The van der Waals surface area contributed by atoms with E-state index < -0.39 is 6.10 Å². The van der Waals surface area contributed by atoms with Crippen molar-refractivity contribution in [1.82, 2.24) is 0 Å². The number of halogens is 2. The maximum absolute atomic E-state index is 13.2. The van der Waals surface area contributed by atoms with Crippen LogP contribution < -0.4 is 4.90 Å². The number of anilines is 2. The van der Waals surface area contributed by atoms with Crippen LogP contribution in [-0.2, 0) is 0 Å². The molecule has 4 heteroatoms. The summed E-state index contributed by atoms with van der Waals surface area (Å²) in [5.74, 6) is -0.263. The van der Waals surface area contributed by atoms with Crippen molar-refractivity contribution in [3.8, 4) is 0 Å². The molecule has 0 bridgehead atoms. The molecule has 2 aromatic rings. The van der Waals surface area contributed by atoms with Crippen molar-refractivity contribution in [2.75, 3.05) is 11.9 Å². The highest BCUT2D eigenvalue weighted by Gasteiger charge is 2.10. The number of benzene rings is 2. The lowest BCUT2D eigenvalue weighted by Crippen LogP contribution is -2.10. The van der Waals surface area contributed by atoms with Gasteiger partial charge in [-0.3, -0.25) is 0 Å². The van der Waals surface area contributed by atoms with Crippen molar-refractivity contribution in [3.05, 3.63) is 58.3 Å². The van der Waals surface area contributed by atoms with Gasteiger partial charge in [-0.15, -0.1) is 0 Å². The third kappa shape index (κ3) is 3.14. The molecule has 0 heterocycles. The molecule has 1 unspecified atom stereocenters. The predicted molar refractivity (Wildman–Crippen MR) is 79.2 cm³/mol. The second-order valence-corrected chi connectivity index (χ2v) is 5.28. The number of hydrogen-bond donors (Lipinski definition) is 1. The first-order chi connectivity index (χ1) is 8.99. The highest BCUT2D eigenvalue weighted by Crippen LogP contribution is 2.33. The summed E-state index contributed by atoms with van der Waals surface area (Å²) in [6, 6.07) is 12.1. The van der Waals surface area contributed by atoms with E-state index in [9.17, 15) is 9.50 Å². The molecule has 0 saturated carbocycles. The highest BCUT2D eigenvalue weighted by molar-refractivity contribution is 9.10. The zero-order chi connectivity index (χ0) is 14.0. The molecule has 2 nitrogen and oxygen atoms in total. The molecule has 0 saturated heterocycles. The zero-order valence-corrected chi connectivity index (χ0v) is 12.4. The van der Waals surface area contributed by atoms with E-state index in [-0.39, 0.29) is 5.82 Å². The van der Waals surface area contributed by atoms with Gasteiger partial charge in [0.15, 0.2) is 0 Å². The molecular formula is C15H15BrFNO. The van der Waals surface area contributed by atoms with Crippen LogP contribution in [0.2, 0.25) is 0 Å². The number of aliphatic hydroxyl groups excluding tert-OH is 1. The van der Waals surface area contributed by atoms with Crippen LogP contribution in [0.25, 0.3) is 0 Å². The Morgan fingerprint density at radius 3 is 2.53 bits per heavy atom. The Kier molecular flexibility index (Phi) is 4.22. The molecule has 0 aliphatic heterocycles. The minimum absolute atomic E-state index is 0.263. The van der Waals surface area contributed by atoms with Gasteiger partial charge in [-0.05, 0) is 58.7 Å². The largest absolute Gasteiger partial charge is 0.389 e. The van der Waals surface area contributed by atoms with Gasteiger partial charge in [-0.25, -0.2) is 4.39 Å². The minimum atomic E-state index is -0.509. The van der Waals surface area contributed by atoms with Crippen LogP contribution in [0.1, 0.15) is 18.6 Å². The van der Waals surface area contributed by atoms with E-state index in [1.54, 1.807) is 13.0 Å². The van der Waals surface area contributed by atoms with Gasteiger partial charge in [-0.2, -0.15) is 0 Å². The van der Waals surface area contributed by atoms with E-state index in [0.29, 0.717) is 0 Å². The van der Waals surface area contributed by atoms with E-state index in [0.717, 1.165) is 21.4 Å². The number of hydrogen-bond acceptors (Lipinski definition) is 2. The van der Waals surface area contributed by atoms with E-state index in [1.807, 2.05) is 36.2 Å². The zero-order valence-electron chi connectivity index (χ0n) is 10.8. The van der Waals surface area contributed by atoms with Gasteiger partial charge in [0.2, 0.25) is 0 Å². The van der Waals surface area contributed by atoms with Crippen molar-refractivity contribution in [1.29, 1.82) is 0 Å². The average Bonchev–Trinajstić information content (AvgIpc) is 2.37. The Morgan fingerprint density at radius 1 is 1.21 bits per heavy atom. The van der Waals surface area contributed by atoms with Crippen LogP contribution in [0.5, 0.6) is 0 Å². The molecule has 0 amide bonds. The summed E-state index contributed by atoms with van der Waals surface area (Å²) in [7, 11) is 1.87. The van der Waals surface area contributed by atoms with Crippen LogP contribution in [0.3, 0.4) is 0 Å². The van der Waals surface area contributed by atoms with Gasteiger partial charge >= 0.3 is 0 Å². The summed E-state index contributed by atoms with van der Waals surface area (Å²) >= 11 is 3.49.